The molecule has 0 radical (unpaired) electrons. The molecular formula is C20H19N3O3. The number of hydrogen-bond donors (Lipinski definition) is 2. The number of nitrogens with one attached hydrogen (secondary N) is 2. The zero-order chi connectivity index (χ0) is 18.7. The number of pyridine rings is 1. The number of aromatic nitrogens is 1. The van der Waals surface area contributed by atoms with E-state index >= 15 is 0 Å². The molecular weight excluding hydrogens is 330 g/mol. The number of nitrogens with zero attached hydrogens (tertiary/aromatic N) is 1. The molecule has 0 atom stereocenters. The lowest BCUT2D eigenvalue weighted by atomic mass is 10.1. The smallest absolute Gasteiger partial charge is 0.252 e. The Hall–Kier alpha value is -3.41. The maximum atomic E-state index is 12.5. The summed E-state index contributed by atoms with van der Waals surface area (Å²) in [5, 5.41) is 5.95. The summed E-state index contributed by atoms with van der Waals surface area (Å²) >= 11 is 0. The normalized spacial score (nSPS) is 10.5. The molecule has 132 valence electrons. The third kappa shape index (κ3) is 3.49. The Morgan fingerprint density at radius 1 is 1.04 bits per heavy atom. The molecule has 2 N–H and O–H groups in total. The first-order valence-corrected chi connectivity index (χ1v) is 8.21. The number of rotatable bonds is 4. The van der Waals surface area contributed by atoms with Crippen LogP contribution in [-0.2, 0) is 11.3 Å². The zero-order valence-corrected chi connectivity index (χ0v) is 14.6. The molecule has 0 unspecified atom stereocenters. The SMILES string of the molecule is CNC(=O)c1cc(=O)n(CC(=O)Nc2cccc(C)c2)c2ccccc12. The zero-order valence-electron chi connectivity index (χ0n) is 14.6. The Morgan fingerprint density at radius 2 is 1.81 bits per heavy atom. The van der Waals surface area contributed by atoms with Gasteiger partial charge in [-0.05, 0) is 30.7 Å². The summed E-state index contributed by atoms with van der Waals surface area (Å²) in [7, 11) is 1.51. The molecule has 0 aliphatic rings. The average molecular weight is 349 g/mol. The standard InChI is InChI=1S/C20H19N3O3/c1-13-6-5-7-14(10-13)22-18(24)12-23-17-9-4-3-8-15(17)16(11-19(23)25)20(26)21-2/h3-11H,12H2,1-2H3,(H,21,26)(H,22,24). The first kappa shape index (κ1) is 17.4. The Bertz CT molecular complexity index is 1050. The summed E-state index contributed by atoms with van der Waals surface area (Å²) in [5.74, 6) is -0.648. The molecule has 2 amide bonds. The highest BCUT2D eigenvalue weighted by Gasteiger charge is 2.15. The predicted octanol–water partition coefficient (Wildman–Crippen LogP) is 2.31. The van der Waals surface area contributed by atoms with E-state index in [1.807, 2.05) is 25.1 Å². The average Bonchev–Trinajstić information content (AvgIpc) is 2.63. The second kappa shape index (κ2) is 7.23. The fraction of sp³-hybridized carbons (Fsp3) is 0.150. The lowest BCUT2D eigenvalue weighted by molar-refractivity contribution is -0.116. The topological polar surface area (TPSA) is 80.2 Å². The van der Waals surface area contributed by atoms with Gasteiger partial charge in [0.05, 0.1) is 11.1 Å². The van der Waals surface area contributed by atoms with E-state index in [4.69, 9.17) is 0 Å². The number of carbonyl (C=O) groups is 2. The van der Waals surface area contributed by atoms with Crippen molar-refractivity contribution in [1.29, 1.82) is 0 Å². The molecule has 0 bridgehead atoms. The number of benzene rings is 2. The van der Waals surface area contributed by atoms with E-state index in [2.05, 4.69) is 10.6 Å². The molecule has 0 saturated carbocycles. The van der Waals surface area contributed by atoms with Gasteiger partial charge in [0.25, 0.3) is 11.5 Å². The summed E-state index contributed by atoms with van der Waals surface area (Å²) in [4.78, 5) is 37.0. The molecule has 6 nitrogen and oxygen atoms in total. The highest BCUT2D eigenvalue weighted by Crippen LogP contribution is 2.17. The molecule has 6 heteroatoms. The number of amides is 2. The van der Waals surface area contributed by atoms with E-state index in [0.29, 0.717) is 22.2 Å². The Labute approximate surface area is 150 Å². The molecule has 0 fully saturated rings. The van der Waals surface area contributed by atoms with Crippen LogP contribution >= 0.6 is 0 Å². The number of fused-ring (bicyclic) bond motifs is 1. The molecule has 0 aliphatic carbocycles. The van der Waals surface area contributed by atoms with E-state index in [-0.39, 0.29) is 18.4 Å². The van der Waals surface area contributed by atoms with Crippen molar-refractivity contribution in [3.8, 4) is 0 Å². The van der Waals surface area contributed by atoms with Crippen molar-refractivity contribution >= 4 is 28.4 Å². The minimum atomic E-state index is -0.401. The van der Waals surface area contributed by atoms with Gasteiger partial charge in [0.2, 0.25) is 5.91 Å². The number of hydrogen-bond acceptors (Lipinski definition) is 3. The minimum absolute atomic E-state index is 0.138. The third-order valence-corrected chi connectivity index (χ3v) is 4.09. The lowest BCUT2D eigenvalue weighted by Crippen LogP contribution is -2.30. The molecule has 0 saturated heterocycles. The van der Waals surface area contributed by atoms with Crippen LogP contribution in [-0.4, -0.2) is 23.4 Å². The van der Waals surface area contributed by atoms with Crippen molar-refractivity contribution in [2.45, 2.75) is 13.5 Å². The van der Waals surface area contributed by atoms with E-state index < -0.39 is 5.56 Å². The van der Waals surface area contributed by atoms with E-state index in [9.17, 15) is 14.4 Å². The quantitative estimate of drug-likeness (QED) is 0.758. The monoisotopic (exact) mass is 349 g/mol. The van der Waals surface area contributed by atoms with Gasteiger partial charge >= 0.3 is 0 Å². The second-order valence-corrected chi connectivity index (χ2v) is 6.00. The summed E-state index contributed by atoms with van der Waals surface area (Å²) in [6.45, 7) is 1.80. The van der Waals surface area contributed by atoms with Crippen LogP contribution in [0.5, 0.6) is 0 Å². The molecule has 26 heavy (non-hydrogen) atoms. The fourth-order valence-corrected chi connectivity index (χ4v) is 2.89. The summed E-state index contributed by atoms with van der Waals surface area (Å²) in [6.07, 6.45) is 0. The molecule has 0 aliphatic heterocycles. The van der Waals surface area contributed by atoms with Gasteiger partial charge in [-0.25, -0.2) is 0 Å². The van der Waals surface area contributed by atoms with Gasteiger partial charge in [0.15, 0.2) is 0 Å². The first-order chi connectivity index (χ1) is 12.5. The van der Waals surface area contributed by atoms with Gasteiger partial charge in [0, 0.05) is 24.2 Å². The highest BCUT2D eigenvalue weighted by atomic mass is 16.2. The van der Waals surface area contributed by atoms with Crippen LogP contribution in [0.4, 0.5) is 5.69 Å². The Kier molecular flexibility index (Phi) is 4.84. The van der Waals surface area contributed by atoms with Crippen LogP contribution in [0.2, 0.25) is 0 Å². The lowest BCUT2D eigenvalue weighted by Gasteiger charge is -2.13. The van der Waals surface area contributed by atoms with Crippen molar-refractivity contribution in [3.63, 3.8) is 0 Å². The maximum absolute atomic E-state index is 12.5. The van der Waals surface area contributed by atoms with Crippen LogP contribution in [0.15, 0.2) is 59.4 Å². The largest absolute Gasteiger partial charge is 0.355 e. The van der Waals surface area contributed by atoms with Crippen LogP contribution < -0.4 is 16.2 Å². The molecule has 0 spiro atoms. The van der Waals surface area contributed by atoms with E-state index in [0.717, 1.165) is 5.56 Å². The van der Waals surface area contributed by atoms with Gasteiger partial charge in [-0.3, -0.25) is 19.0 Å². The summed E-state index contributed by atoms with van der Waals surface area (Å²) < 4.78 is 1.37. The van der Waals surface area contributed by atoms with Gasteiger partial charge < -0.3 is 10.6 Å². The highest BCUT2D eigenvalue weighted by molar-refractivity contribution is 6.06. The third-order valence-electron chi connectivity index (χ3n) is 4.09. The van der Waals surface area contributed by atoms with E-state index in [1.165, 1.54) is 17.7 Å². The predicted molar refractivity (Wildman–Crippen MR) is 101 cm³/mol. The van der Waals surface area contributed by atoms with Crippen molar-refractivity contribution in [3.05, 3.63) is 76.1 Å². The number of anilines is 1. The second-order valence-electron chi connectivity index (χ2n) is 6.00. The Morgan fingerprint density at radius 3 is 2.54 bits per heavy atom. The van der Waals surface area contributed by atoms with E-state index in [1.54, 1.807) is 30.3 Å². The summed E-state index contributed by atoms with van der Waals surface area (Å²) in [6, 6.07) is 15.7. The molecule has 3 aromatic rings. The minimum Gasteiger partial charge on any atom is -0.355 e. The van der Waals surface area contributed by atoms with Crippen molar-refractivity contribution in [2.75, 3.05) is 12.4 Å². The molecule has 3 rings (SSSR count). The number of carbonyl (C=O) groups excluding carboxylic acids is 2. The van der Waals surface area contributed by atoms with Crippen molar-refractivity contribution in [2.24, 2.45) is 0 Å². The molecule has 2 aromatic carbocycles. The van der Waals surface area contributed by atoms with Gasteiger partial charge in [-0.15, -0.1) is 0 Å². The molecule has 1 heterocycles. The number of aryl methyl sites for hydroxylation is 1. The van der Waals surface area contributed by atoms with Gasteiger partial charge in [0.1, 0.15) is 6.54 Å². The number of para-hydroxylation sites is 1. The fourth-order valence-electron chi connectivity index (χ4n) is 2.89. The van der Waals surface area contributed by atoms with Gasteiger partial charge in [-0.2, -0.15) is 0 Å². The van der Waals surface area contributed by atoms with Crippen molar-refractivity contribution < 1.29 is 9.59 Å². The van der Waals surface area contributed by atoms with Gasteiger partial charge in [-0.1, -0.05) is 30.3 Å². The maximum Gasteiger partial charge on any atom is 0.252 e. The Balaban J connectivity index is 1.98. The van der Waals surface area contributed by atoms with Crippen LogP contribution in [0.1, 0.15) is 15.9 Å². The molecule has 1 aromatic heterocycles. The first-order valence-electron chi connectivity index (χ1n) is 8.21. The van der Waals surface area contributed by atoms with Crippen LogP contribution in [0.3, 0.4) is 0 Å². The summed E-state index contributed by atoms with van der Waals surface area (Å²) in [5.41, 5.74) is 2.14. The van der Waals surface area contributed by atoms with Crippen LogP contribution in [0.25, 0.3) is 10.9 Å². The van der Waals surface area contributed by atoms with Crippen LogP contribution in [0, 0.1) is 6.92 Å². The van der Waals surface area contributed by atoms with Crippen molar-refractivity contribution in [1.82, 2.24) is 9.88 Å².